The lowest BCUT2D eigenvalue weighted by atomic mass is 9.79. The van der Waals surface area contributed by atoms with Crippen LogP contribution in [0.2, 0.25) is 0 Å². The summed E-state index contributed by atoms with van der Waals surface area (Å²) >= 11 is 0.183. The molecule has 21 heavy (non-hydrogen) atoms. The summed E-state index contributed by atoms with van der Waals surface area (Å²) < 4.78 is 75.3. The zero-order valence-electron chi connectivity index (χ0n) is 10.6. The highest BCUT2D eigenvalue weighted by molar-refractivity contribution is 7.13. The van der Waals surface area contributed by atoms with Gasteiger partial charge >= 0.3 is 12.4 Å². The van der Waals surface area contributed by atoms with Gasteiger partial charge in [-0.05, 0) is 19.3 Å². The molecule has 1 aliphatic carbocycles. The van der Waals surface area contributed by atoms with E-state index < -0.39 is 35.0 Å². The first-order chi connectivity index (χ1) is 9.59. The molecule has 0 saturated heterocycles. The minimum absolute atomic E-state index is 0.0379. The standard InChI is InChI=1S/C12H11F6NOS/c13-11(14,15)7-3-1-2-6(4-7)9(20)8-5-19-10(21-8)12(16,17)18/h5-7H,1-4H2. The van der Waals surface area contributed by atoms with Crippen molar-refractivity contribution >= 4 is 17.1 Å². The summed E-state index contributed by atoms with van der Waals surface area (Å²) in [5.41, 5.74) is 0. The Morgan fingerprint density at radius 2 is 1.86 bits per heavy atom. The van der Waals surface area contributed by atoms with E-state index >= 15 is 0 Å². The van der Waals surface area contributed by atoms with Gasteiger partial charge in [0, 0.05) is 12.1 Å². The SMILES string of the molecule is O=C(c1cnc(C(F)(F)F)s1)C1CCCC(C(F)(F)F)C1. The van der Waals surface area contributed by atoms with Crippen molar-refractivity contribution in [3.63, 3.8) is 0 Å². The Morgan fingerprint density at radius 1 is 1.19 bits per heavy atom. The molecule has 2 nitrogen and oxygen atoms in total. The molecule has 1 aromatic rings. The molecule has 0 aliphatic heterocycles. The summed E-state index contributed by atoms with van der Waals surface area (Å²) in [6.45, 7) is 0. The van der Waals surface area contributed by atoms with Gasteiger partial charge < -0.3 is 0 Å². The molecule has 1 heterocycles. The van der Waals surface area contributed by atoms with Crippen molar-refractivity contribution in [2.75, 3.05) is 0 Å². The first-order valence-corrected chi connectivity index (χ1v) is 7.04. The summed E-state index contributed by atoms with van der Waals surface area (Å²) in [4.78, 5) is 14.9. The lowest BCUT2D eigenvalue weighted by molar-refractivity contribution is -0.184. The monoisotopic (exact) mass is 331 g/mol. The molecule has 0 spiro atoms. The van der Waals surface area contributed by atoms with Crippen molar-refractivity contribution in [3.8, 4) is 0 Å². The van der Waals surface area contributed by atoms with Crippen LogP contribution in [0.5, 0.6) is 0 Å². The van der Waals surface area contributed by atoms with Gasteiger partial charge in [0.15, 0.2) is 10.8 Å². The maximum atomic E-state index is 12.7. The number of Topliss-reactive ketones (excluding diaryl/α,β-unsaturated/α-hetero) is 1. The summed E-state index contributed by atoms with van der Waals surface area (Å²) in [6, 6.07) is 0. The Hall–Kier alpha value is -1.12. The maximum absolute atomic E-state index is 12.7. The van der Waals surface area contributed by atoms with Gasteiger partial charge in [0.05, 0.1) is 10.8 Å². The number of rotatable bonds is 2. The van der Waals surface area contributed by atoms with Crippen LogP contribution in [0, 0.1) is 11.8 Å². The van der Waals surface area contributed by atoms with Crippen LogP contribution in [0.1, 0.15) is 40.4 Å². The molecule has 1 aliphatic rings. The summed E-state index contributed by atoms with van der Waals surface area (Å²) in [5, 5.41) is -1.16. The second kappa shape index (κ2) is 5.58. The molecule has 9 heteroatoms. The number of thiazole rings is 1. The summed E-state index contributed by atoms with van der Waals surface area (Å²) in [5.74, 6) is -3.11. The van der Waals surface area contributed by atoms with E-state index in [0.29, 0.717) is 0 Å². The first-order valence-electron chi connectivity index (χ1n) is 6.23. The van der Waals surface area contributed by atoms with Crippen LogP contribution in [-0.2, 0) is 6.18 Å². The second-order valence-electron chi connectivity index (χ2n) is 4.99. The summed E-state index contributed by atoms with van der Waals surface area (Å²) in [6.07, 6.45) is -8.11. The van der Waals surface area contributed by atoms with Crippen LogP contribution in [0.25, 0.3) is 0 Å². The number of ketones is 1. The number of halogens is 6. The minimum Gasteiger partial charge on any atom is -0.293 e. The van der Waals surface area contributed by atoms with Gasteiger partial charge in [0.2, 0.25) is 0 Å². The highest BCUT2D eigenvalue weighted by atomic mass is 32.1. The smallest absolute Gasteiger partial charge is 0.293 e. The van der Waals surface area contributed by atoms with Crippen LogP contribution in [0.4, 0.5) is 26.3 Å². The summed E-state index contributed by atoms with van der Waals surface area (Å²) in [7, 11) is 0. The van der Waals surface area contributed by atoms with E-state index in [4.69, 9.17) is 0 Å². The fraction of sp³-hybridized carbons (Fsp3) is 0.667. The Morgan fingerprint density at radius 3 is 2.38 bits per heavy atom. The average molecular weight is 331 g/mol. The van der Waals surface area contributed by atoms with Gasteiger partial charge in [0.25, 0.3) is 0 Å². The molecule has 118 valence electrons. The van der Waals surface area contributed by atoms with Crippen molar-refractivity contribution in [1.82, 2.24) is 4.98 Å². The van der Waals surface area contributed by atoms with Gasteiger partial charge in [-0.1, -0.05) is 6.42 Å². The molecule has 1 saturated carbocycles. The predicted octanol–water partition coefficient (Wildman–Crippen LogP) is 4.71. The third kappa shape index (κ3) is 3.75. The number of aromatic nitrogens is 1. The van der Waals surface area contributed by atoms with E-state index in [0.717, 1.165) is 6.20 Å². The fourth-order valence-corrected chi connectivity index (χ4v) is 3.25. The third-order valence-electron chi connectivity index (χ3n) is 3.50. The lowest BCUT2D eigenvalue weighted by Crippen LogP contribution is -2.31. The highest BCUT2D eigenvalue weighted by Gasteiger charge is 2.44. The number of hydrogen-bond donors (Lipinski definition) is 0. The Bertz CT molecular complexity index is 521. The predicted molar refractivity (Wildman–Crippen MR) is 62.9 cm³/mol. The molecular formula is C12H11F6NOS. The molecule has 0 amide bonds. The molecular weight excluding hydrogens is 320 g/mol. The minimum atomic E-state index is -4.65. The molecule has 0 N–H and O–H groups in total. The van der Waals surface area contributed by atoms with Crippen LogP contribution in [0.15, 0.2) is 6.20 Å². The molecule has 0 radical (unpaired) electrons. The fourth-order valence-electron chi connectivity index (χ4n) is 2.45. The molecule has 1 aromatic heterocycles. The van der Waals surface area contributed by atoms with Crippen molar-refractivity contribution in [2.24, 2.45) is 11.8 Å². The van der Waals surface area contributed by atoms with E-state index in [9.17, 15) is 31.1 Å². The van der Waals surface area contributed by atoms with Crippen molar-refractivity contribution in [1.29, 1.82) is 0 Å². The van der Waals surface area contributed by atoms with E-state index in [2.05, 4.69) is 4.98 Å². The van der Waals surface area contributed by atoms with Gasteiger partial charge in [0.1, 0.15) is 0 Å². The zero-order chi connectivity index (χ0) is 15.8. The Kier molecular flexibility index (Phi) is 4.32. The normalized spacial score (nSPS) is 24.1. The number of hydrogen-bond acceptors (Lipinski definition) is 3. The number of alkyl halides is 6. The van der Waals surface area contributed by atoms with Crippen LogP contribution >= 0.6 is 11.3 Å². The van der Waals surface area contributed by atoms with Crippen LogP contribution in [0.3, 0.4) is 0 Å². The largest absolute Gasteiger partial charge is 0.443 e. The maximum Gasteiger partial charge on any atom is 0.443 e. The number of carbonyl (C=O) groups is 1. The molecule has 2 rings (SSSR count). The van der Waals surface area contributed by atoms with Gasteiger partial charge in [-0.15, -0.1) is 11.3 Å². The van der Waals surface area contributed by atoms with Crippen molar-refractivity contribution in [3.05, 3.63) is 16.1 Å². The van der Waals surface area contributed by atoms with Crippen LogP contribution in [-0.4, -0.2) is 16.9 Å². The number of carbonyl (C=O) groups excluding carboxylic acids is 1. The molecule has 2 atom stereocenters. The second-order valence-corrected chi connectivity index (χ2v) is 6.02. The van der Waals surface area contributed by atoms with Gasteiger partial charge in [-0.2, -0.15) is 26.3 Å². The lowest BCUT2D eigenvalue weighted by Gasteiger charge is -2.29. The van der Waals surface area contributed by atoms with Crippen molar-refractivity contribution < 1.29 is 31.1 Å². The quantitative estimate of drug-likeness (QED) is 0.580. The van der Waals surface area contributed by atoms with E-state index in [-0.39, 0.29) is 41.9 Å². The van der Waals surface area contributed by atoms with Gasteiger partial charge in [-0.25, -0.2) is 4.98 Å². The Labute approximate surface area is 120 Å². The third-order valence-corrected chi connectivity index (χ3v) is 4.56. The highest BCUT2D eigenvalue weighted by Crippen LogP contribution is 2.41. The number of nitrogens with zero attached hydrogens (tertiary/aromatic N) is 1. The van der Waals surface area contributed by atoms with E-state index in [1.54, 1.807) is 0 Å². The zero-order valence-corrected chi connectivity index (χ0v) is 11.4. The molecule has 1 fully saturated rings. The molecule has 0 aromatic carbocycles. The molecule has 2 unspecified atom stereocenters. The Balaban J connectivity index is 2.11. The van der Waals surface area contributed by atoms with E-state index in [1.165, 1.54) is 0 Å². The van der Waals surface area contributed by atoms with Crippen molar-refractivity contribution in [2.45, 2.75) is 38.0 Å². The molecule has 0 bridgehead atoms. The topological polar surface area (TPSA) is 30.0 Å². The van der Waals surface area contributed by atoms with Gasteiger partial charge in [-0.3, -0.25) is 4.79 Å². The first kappa shape index (κ1) is 16.3. The van der Waals surface area contributed by atoms with Crippen LogP contribution < -0.4 is 0 Å². The van der Waals surface area contributed by atoms with E-state index in [1.807, 2.05) is 0 Å². The average Bonchev–Trinajstić information content (AvgIpc) is 2.86.